The van der Waals surface area contributed by atoms with Crippen molar-refractivity contribution in [2.75, 3.05) is 6.54 Å². The first-order valence-corrected chi connectivity index (χ1v) is 7.98. The average molecular weight is 311 g/mol. The molecular formula is C11H19ClN2O2S2. The second-order valence-corrected chi connectivity index (χ2v) is 8.06. The molecule has 3 N–H and O–H groups in total. The van der Waals surface area contributed by atoms with Crippen LogP contribution in [0, 0.1) is 12.8 Å². The van der Waals surface area contributed by atoms with Crippen molar-refractivity contribution in [3.05, 3.63) is 17.0 Å². The minimum atomic E-state index is -3.43. The van der Waals surface area contributed by atoms with Crippen LogP contribution in [0.15, 0.2) is 16.3 Å². The van der Waals surface area contributed by atoms with Crippen LogP contribution in [0.2, 0.25) is 0 Å². The minimum absolute atomic E-state index is 0. The minimum Gasteiger partial charge on any atom is -0.329 e. The van der Waals surface area contributed by atoms with Crippen molar-refractivity contribution in [3.63, 3.8) is 0 Å². The largest absolute Gasteiger partial charge is 0.329 e. The van der Waals surface area contributed by atoms with Crippen molar-refractivity contribution in [1.82, 2.24) is 4.72 Å². The normalized spacial score (nSPS) is 19.1. The lowest BCUT2D eigenvalue weighted by Gasteiger charge is -2.28. The Hall–Kier alpha value is -0.140. The van der Waals surface area contributed by atoms with E-state index in [2.05, 4.69) is 4.72 Å². The summed E-state index contributed by atoms with van der Waals surface area (Å²) in [5.74, 6) is 0.378. The molecule has 1 heterocycles. The summed E-state index contributed by atoms with van der Waals surface area (Å²) in [6, 6.07) is 3.46. The molecule has 0 aliphatic heterocycles. The Labute approximate surface area is 118 Å². The van der Waals surface area contributed by atoms with Crippen molar-refractivity contribution in [1.29, 1.82) is 0 Å². The SMILES string of the molecule is Cc1ccc(S(=O)(=O)NC(C)(CN)C2CC2)s1.Cl. The first-order chi connectivity index (χ1) is 7.87. The second-order valence-electron chi connectivity index (χ2n) is 4.87. The molecule has 1 aromatic rings. The third-order valence-electron chi connectivity index (χ3n) is 3.25. The Morgan fingerprint density at radius 2 is 2.11 bits per heavy atom. The van der Waals surface area contributed by atoms with Crippen LogP contribution in [0.4, 0.5) is 0 Å². The molecule has 1 unspecified atom stereocenters. The van der Waals surface area contributed by atoms with Gasteiger partial charge in [0, 0.05) is 17.0 Å². The number of halogens is 1. The van der Waals surface area contributed by atoms with E-state index in [0.717, 1.165) is 17.7 Å². The fourth-order valence-electron chi connectivity index (χ4n) is 1.93. The van der Waals surface area contributed by atoms with Gasteiger partial charge in [-0.25, -0.2) is 13.1 Å². The van der Waals surface area contributed by atoms with Crippen LogP contribution in [-0.4, -0.2) is 20.5 Å². The van der Waals surface area contributed by atoms with Crippen molar-refractivity contribution in [2.24, 2.45) is 11.7 Å². The Bertz CT molecular complexity index is 511. The summed E-state index contributed by atoms with van der Waals surface area (Å²) >= 11 is 1.29. The van der Waals surface area contributed by atoms with Gasteiger partial charge in [0.1, 0.15) is 4.21 Å². The quantitative estimate of drug-likeness (QED) is 0.872. The van der Waals surface area contributed by atoms with E-state index in [9.17, 15) is 8.42 Å². The number of aryl methyl sites for hydroxylation is 1. The zero-order chi connectivity index (χ0) is 12.7. The van der Waals surface area contributed by atoms with Crippen LogP contribution in [0.1, 0.15) is 24.6 Å². The van der Waals surface area contributed by atoms with Gasteiger partial charge in [0.05, 0.1) is 0 Å². The predicted octanol–water partition coefficient (Wildman–Crippen LogP) is 1.88. The highest BCUT2D eigenvalue weighted by Crippen LogP contribution is 2.40. The summed E-state index contributed by atoms with van der Waals surface area (Å²) in [6.07, 6.45) is 2.11. The zero-order valence-electron chi connectivity index (χ0n) is 10.5. The maximum atomic E-state index is 12.2. The number of sulfonamides is 1. The van der Waals surface area contributed by atoms with E-state index >= 15 is 0 Å². The Balaban J connectivity index is 0.00000162. The molecule has 0 radical (unpaired) electrons. The molecule has 2 rings (SSSR count). The lowest BCUT2D eigenvalue weighted by atomic mass is 9.98. The molecule has 0 amide bonds. The summed E-state index contributed by atoms with van der Waals surface area (Å²) in [5, 5.41) is 0. The molecule has 0 saturated heterocycles. The highest BCUT2D eigenvalue weighted by Gasteiger charge is 2.43. The summed E-state index contributed by atoms with van der Waals surface area (Å²) in [6.45, 7) is 4.12. The number of nitrogens with one attached hydrogen (secondary N) is 1. The molecule has 7 heteroatoms. The lowest BCUT2D eigenvalue weighted by molar-refractivity contribution is 0.374. The molecule has 4 nitrogen and oxygen atoms in total. The average Bonchev–Trinajstić information content (AvgIpc) is 3.01. The van der Waals surface area contributed by atoms with Gasteiger partial charge in [0.25, 0.3) is 10.0 Å². The van der Waals surface area contributed by atoms with Crippen molar-refractivity contribution in [2.45, 2.75) is 36.4 Å². The van der Waals surface area contributed by atoms with Gasteiger partial charge in [-0.1, -0.05) is 0 Å². The van der Waals surface area contributed by atoms with Crippen LogP contribution < -0.4 is 10.5 Å². The van der Waals surface area contributed by atoms with E-state index in [4.69, 9.17) is 5.73 Å². The number of hydrogen-bond acceptors (Lipinski definition) is 4. The molecule has 0 bridgehead atoms. The van der Waals surface area contributed by atoms with E-state index in [1.54, 1.807) is 6.07 Å². The molecule has 1 saturated carbocycles. The van der Waals surface area contributed by atoms with E-state index < -0.39 is 15.6 Å². The number of hydrogen-bond donors (Lipinski definition) is 2. The van der Waals surface area contributed by atoms with Gasteiger partial charge in [-0.3, -0.25) is 0 Å². The standard InChI is InChI=1S/C11H18N2O2S2.ClH/c1-8-3-6-10(16-8)17(14,15)13-11(2,7-12)9-4-5-9;/h3,6,9,13H,4-5,7,12H2,1-2H3;1H. The Morgan fingerprint density at radius 3 is 2.50 bits per heavy atom. The molecule has 1 fully saturated rings. The van der Waals surface area contributed by atoms with Crippen LogP contribution >= 0.6 is 23.7 Å². The number of rotatable bonds is 5. The number of thiophene rings is 1. The molecule has 104 valence electrons. The summed E-state index contributed by atoms with van der Waals surface area (Å²) in [5.41, 5.74) is 5.21. The van der Waals surface area contributed by atoms with Gasteiger partial charge in [0.2, 0.25) is 0 Å². The molecule has 0 spiro atoms. The van der Waals surface area contributed by atoms with Crippen LogP contribution in [0.5, 0.6) is 0 Å². The van der Waals surface area contributed by atoms with Gasteiger partial charge in [-0.15, -0.1) is 23.7 Å². The van der Waals surface area contributed by atoms with Gasteiger partial charge in [0.15, 0.2) is 0 Å². The van der Waals surface area contributed by atoms with Crippen molar-refractivity contribution >= 4 is 33.8 Å². The van der Waals surface area contributed by atoms with E-state index in [1.165, 1.54) is 11.3 Å². The van der Waals surface area contributed by atoms with Gasteiger partial charge < -0.3 is 5.73 Å². The molecule has 1 aliphatic rings. The van der Waals surface area contributed by atoms with Gasteiger partial charge in [-0.05, 0) is 44.7 Å². The highest BCUT2D eigenvalue weighted by atomic mass is 35.5. The van der Waals surface area contributed by atoms with E-state index in [0.29, 0.717) is 16.7 Å². The predicted molar refractivity (Wildman–Crippen MR) is 76.8 cm³/mol. The smallest absolute Gasteiger partial charge is 0.250 e. The first-order valence-electron chi connectivity index (χ1n) is 5.68. The topological polar surface area (TPSA) is 72.2 Å². The fraction of sp³-hybridized carbons (Fsp3) is 0.636. The van der Waals surface area contributed by atoms with Crippen LogP contribution in [0.3, 0.4) is 0 Å². The molecular weight excluding hydrogens is 292 g/mol. The molecule has 18 heavy (non-hydrogen) atoms. The highest BCUT2D eigenvalue weighted by molar-refractivity contribution is 7.91. The second kappa shape index (κ2) is 5.46. The summed E-state index contributed by atoms with van der Waals surface area (Å²) < 4.78 is 27.5. The third kappa shape index (κ3) is 3.24. The fourth-order valence-corrected chi connectivity index (χ4v) is 4.69. The van der Waals surface area contributed by atoms with E-state index in [1.807, 2.05) is 19.9 Å². The zero-order valence-corrected chi connectivity index (χ0v) is 12.9. The van der Waals surface area contributed by atoms with Crippen molar-refractivity contribution in [3.8, 4) is 0 Å². The molecule has 0 aromatic carbocycles. The first kappa shape index (κ1) is 15.9. The Morgan fingerprint density at radius 1 is 1.50 bits per heavy atom. The number of nitrogens with two attached hydrogens (primary N) is 1. The monoisotopic (exact) mass is 310 g/mol. The molecule has 1 atom stereocenters. The lowest BCUT2D eigenvalue weighted by Crippen LogP contribution is -2.52. The Kier molecular flexibility index (Phi) is 4.83. The van der Waals surface area contributed by atoms with Crippen LogP contribution in [-0.2, 0) is 10.0 Å². The van der Waals surface area contributed by atoms with Crippen LogP contribution in [0.25, 0.3) is 0 Å². The third-order valence-corrected chi connectivity index (χ3v) is 6.35. The maximum Gasteiger partial charge on any atom is 0.250 e. The molecule has 1 aliphatic carbocycles. The maximum absolute atomic E-state index is 12.2. The van der Waals surface area contributed by atoms with Gasteiger partial charge >= 0.3 is 0 Å². The van der Waals surface area contributed by atoms with Crippen molar-refractivity contribution < 1.29 is 8.42 Å². The van der Waals surface area contributed by atoms with Gasteiger partial charge in [-0.2, -0.15) is 0 Å². The summed E-state index contributed by atoms with van der Waals surface area (Å²) in [4.78, 5) is 0.992. The van der Waals surface area contributed by atoms with E-state index in [-0.39, 0.29) is 12.4 Å². The summed E-state index contributed by atoms with van der Waals surface area (Å²) in [7, 11) is -3.43. The molecule has 1 aromatic heterocycles.